The molecule has 0 spiro atoms. The summed E-state index contributed by atoms with van der Waals surface area (Å²) in [6, 6.07) is 19.6. The van der Waals surface area contributed by atoms with E-state index in [1.807, 2.05) is 60.7 Å². The second-order valence-corrected chi connectivity index (χ2v) is 6.07. The van der Waals surface area contributed by atoms with Crippen LogP contribution in [0.1, 0.15) is 17.2 Å². The third-order valence-corrected chi connectivity index (χ3v) is 4.69. The molecule has 4 aromatic rings. The first kappa shape index (κ1) is 16.4. The van der Waals surface area contributed by atoms with Crippen LogP contribution in [-0.4, -0.2) is 24.3 Å². The fourth-order valence-electron chi connectivity index (χ4n) is 3.47. The van der Waals surface area contributed by atoms with Gasteiger partial charge < -0.3 is 14.6 Å². The first-order valence-corrected chi connectivity index (χ1v) is 8.40. The van der Waals surface area contributed by atoms with Crippen LogP contribution in [0.4, 0.5) is 0 Å². The van der Waals surface area contributed by atoms with E-state index in [1.54, 1.807) is 20.4 Å². The van der Waals surface area contributed by atoms with Gasteiger partial charge in [-0.1, -0.05) is 54.6 Å². The van der Waals surface area contributed by atoms with E-state index in [4.69, 9.17) is 9.47 Å². The maximum Gasteiger partial charge on any atom is 0.219 e. The van der Waals surface area contributed by atoms with Crippen LogP contribution >= 0.6 is 0 Å². The second kappa shape index (κ2) is 6.65. The zero-order chi connectivity index (χ0) is 18.1. The molecule has 1 aromatic heterocycles. The zero-order valence-corrected chi connectivity index (χ0v) is 14.6. The molecular formula is C22H19NO3. The number of nitrogens with zero attached hydrogens (tertiary/aromatic N) is 1. The average molecular weight is 345 g/mol. The Bertz CT molecular complexity index is 1000. The van der Waals surface area contributed by atoms with Crippen LogP contribution in [0.5, 0.6) is 11.6 Å². The third kappa shape index (κ3) is 2.55. The minimum absolute atomic E-state index is 0.409. The van der Waals surface area contributed by atoms with E-state index in [1.165, 1.54) is 0 Å². The molecule has 0 amide bonds. The van der Waals surface area contributed by atoms with Crippen molar-refractivity contribution in [3.05, 3.63) is 78.0 Å². The number of hydrogen-bond donors (Lipinski definition) is 1. The molecule has 130 valence electrons. The summed E-state index contributed by atoms with van der Waals surface area (Å²) in [6.45, 7) is 0. The Morgan fingerprint density at radius 1 is 0.769 bits per heavy atom. The molecule has 0 aliphatic heterocycles. The molecule has 0 saturated heterocycles. The monoisotopic (exact) mass is 345 g/mol. The molecule has 1 heterocycles. The molecule has 1 unspecified atom stereocenters. The average Bonchev–Trinajstić information content (AvgIpc) is 2.71. The summed E-state index contributed by atoms with van der Waals surface area (Å²) in [5.74, 6) is 1.04. The van der Waals surface area contributed by atoms with Crippen LogP contribution in [0, 0.1) is 0 Å². The first-order chi connectivity index (χ1) is 12.7. The maximum absolute atomic E-state index is 11.4. The first-order valence-electron chi connectivity index (χ1n) is 8.40. The zero-order valence-electron chi connectivity index (χ0n) is 14.6. The maximum atomic E-state index is 11.4. The smallest absolute Gasteiger partial charge is 0.219 e. The van der Waals surface area contributed by atoms with Crippen molar-refractivity contribution in [2.75, 3.05) is 14.2 Å². The van der Waals surface area contributed by atoms with Gasteiger partial charge in [0.05, 0.1) is 19.8 Å². The molecule has 0 radical (unpaired) electrons. The van der Waals surface area contributed by atoms with Crippen LogP contribution in [0.3, 0.4) is 0 Å². The van der Waals surface area contributed by atoms with Gasteiger partial charge in [-0.05, 0) is 22.2 Å². The fraction of sp³-hybridized carbons (Fsp3) is 0.136. The molecule has 0 aliphatic rings. The minimum atomic E-state index is -0.940. The lowest BCUT2D eigenvalue weighted by molar-refractivity contribution is 0.211. The van der Waals surface area contributed by atoms with Gasteiger partial charge in [-0.15, -0.1) is 0 Å². The molecule has 1 atom stereocenters. The van der Waals surface area contributed by atoms with Crippen molar-refractivity contribution in [1.82, 2.24) is 4.98 Å². The Hall–Kier alpha value is -3.11. The van der Waals surface area contributed by atoms with Crippen LogP contribution in [-0.2, 0) is 0 Å². The number of ether oxygens (including phenoxy) is 2. The number of methoxy groups -OCH3 is 2. The highest BCUT2D eigenvalue weighted by atomic mass is 16.5. The molecule has 0 saturated carbocycles. The van der Waals surface area contributed by atoms with Crippen molar-refractivity contribution in [3.8, 4) is 11.6 Å². The molecular weight excluding hydrogens is 326 g/mol. The molecule has 4 heteroatoms. The van der Waals surface area contributed by atoms with E-state index in [0.29, 0.717) is 22.8 Å². The predicted octanol–water partition coefficient (Wildman–Crippen LogP) is 4.49. The topological polar surface area (TPSA) is 51.6 Å². The quantitative estimate of drug-likeness (QED) is 0.592. The van der Waals surface area contributed by atoms with Gasteiger partial charge in [-0.2, -0.15) is 0 Å². The molecule has 3 aromatic carbocycles. The van der Waals surface area contributed by atoms with Gasteiger partial charge in [-0.3, -0.25) is 0 Å². The highest BCUT2D eigenvalue weighted by Crippen LogP contribution is 2.41. The van der Waals surface area contributed by atoms with E-state index in [2.05, 4.69) is 4.98 Å². The van der Waals surface area contributed by atoms with Gasteiger partial charge >= 0.3 is 0 Å². The molecule has 4 rings (SSSR count). The summed E-state index contributed by atoms with van der Waals surface area (Å²) in [7, 11) is 3.17. The lowest BCUT2D eigenvalue weighted by atomic mass is 9.92. The SMILES string of the molecule is COc1ccc2ccccc2c1C(O)c1c(OC)ncc2ccccc12. The highest BCUT2D eigenvalue weighted by molar-refractivity contribution is 5.91. The van der Waals surface area contributed by atoms with Crippen molar-refractivity contribution < 1.29 is 14.6 Å². The van der Waals surface area contributed by atoms with Gasteiger partial charge in [0.25, 0.3) is 0 Å². The number of aliphatic hydroxyl groups is 1. The van der Waals surface area contributed by atoms with Crippen LogP contribution < -0.4 is 9.47 Å². The van der Waals surface area contributed by atoms with Gasteiger partial charge in [0.2, 0.25) is 5.88 Å². The Morgan fingerprint density at radius 3 is 2.12 bits per heavy atom. The van der Waals surface area contributed by atoms with Crippen LogP contribution in [0.2, 0.25) is 0 Å². The molecule has 0 bridgehead atoms. The van der Waals surface area contributed by atoms with Crippen LogP contribution in [0.25, 0.3) is 21.5 Å². The normalized spacial score (nSPS) is 12.3. The number of aromatic nitrogens is 1. The fourth-order valence-corrected chi connectivity index (χ4v) is 3.47. The number of hydrogen-bond acceptors (Lipinski definition) is 4. The molecule has 4 nitrogen and oxygen atoms in total. The van der Waals surface area contributed by atoms with Crippen molar-refractivity contribution in [3.63, 3.8) is 0 Å². The Kier molecular flexibility index (Phi) is 4.19. The van der Waals surface area contributed by atoms with Crippen LogP contribution in [0.15, 0.2) is 66.9 Å². The van der Waals surface area contributed by atoms with Gasteiger partial charge in [0.1, 0.15) is 11.9 Å². The number of fused-ring (bicyclic) bond motifs is 2. The van der Waals surface area contributed by atoms with Gasteiger partial charge in [0, 0.05) is 17.1 Å². The van der Waals surface area contributed by atoms with E-state index >= 15 is 0 Å². The number of pyridine rings is 1. The number of benzene rings is 3. The Morgan fingerprint density at radius 2 is 1.42 bits per heavy atom. The molecule has 0 aliphatic carbocycles. The summed E-state index contributed by atoms with van der Waals surface area (Å²) in [5, 5.41) is 15.2. The third-order valence-electron chi connectivity index (χ3n) is 4.69. The van der Waals surface area contributed by atoms with Gasteiger partial charge in [-0.25, -0.2) is 4.98 Å². The van der Waals surface area contributed by atoms with Crippen molar-refractivity contribution in [2.24, 2.45) is 0 Å². The standard InChI is InChI=1S/C22H19NO3/c1-25-18-12-11-14-7-3-5-9-16(14)19(18)21(24)20-17-10-6-4-8-15(17)13-23-22(20)26-2/h3-13,21,24H,1-2H3. The summed E-state index contributed by atoms with van der Waals surface area (Å²) in [5.41, 5.74) is 1.35. The van der Waals surface area contributed by atoms with Gasteiger partial charge in [0.15, 0.2) is 0 Å². The van der Waals surface area contributed by atoms with E-state index in [0.717, 1.165) is 21.5 Å². The molecule has 26 heavy (non-hydrogen) atoms. The van der Waals surface area contributed by atoms with E-state index in [9.17, 15) is 5.11 Å². The largest absolute Gasteiger partial charge is 0.496 e. The molecule has 0 fully saturated rings. The Labute approximate surface area is 151 Å². The van der Waals surface area contributed by atoms with E-state index < -0.39 is 6.10 Å². The Balaban J connectivity index is 2.04. The van der Waals surface area contributed by atoms with Crippen molar-refractivity contribution in [1.29, 1.82) is 0 Å². The summed E-state index contributed by atoms with van der Waals surface area (Å²) in [6.07, 6.45) is 0.814. The lowest BCUT2D eigenvalue weighted by Crippen LogP contribution is -2.07. The van der Waals surface area contributed by atoms with E-state index in [-0.39, 0.29) is 0 Å². The predicted molar refractivity (Wildman–Crippen MR) is 103 cm³/mol. The second-order valence-electron chi connectivity index (χ2n) is 6.07. The number of aliphatic hydroxyl groups excluding tert-OH is 1. The number of rotatable bonds is 4. The lowest BCUT2D eigenvalue weighted by Gasteiger charge is -2.20. The van der Waals surface area contributed by atoms with Crippen molar-refractivity contribution in [2.45, 2.75) is 6.10 Å². The molecule has 1 N–H and O–H groups in total. The minimum Gasteiger partial charge on any atom is -0.496 e. The summed E-state index contributed by atoms with van der Waals surface area (Å²) >= 11 is 0. The summed E-state index contributed by atoms with van der Waals surface area (Å²) < 4.78 is 11.0. The highest BCUT2D eigenvalue weighted by Gasteiger charge is 2.24. The van der Waals surface area contributed by atoms with Crippen molar-refractivity contribution >= 4 is 21.5 Å². The summed E-state index contributed by atoms with van der Waals surface area (Å²) in [4.78, 5) is 4.38.